The molecule has 3 amide bonds. The van der Waals surface area contributed by atoms with E-state index >= 15 is 0 Å². The van der Waals surface area contributed by atoms with Crippen molar-refractivity contribution in [2.45, 2.75) is 0 Å². The molecule has 1 aliphatic heterocycles. The summed E-state index contributed by atoms with van der Waals surface area (Å²) >= 11 is 0. The maximum absolute atomic E-state index is 13.9. The first-order valence-electron chi connectivity index (χ1n) is 8.56. The highest BCUT2D eigenvalue weighted by Gasteiger charge is 2.19. The van der Waals surface area contributed by atoms with Gasteiger partial charge in [-0.25, -0.2) is 14.2 Å². The second kappa shape index (κ2) is 8.53. The SMILES string of the molecule is CN1CCN(C(=O)Nc2cc(Oc3ccc(NC(=O)[O-])c(F)c3)ccn2)CC1. The van der Waals surface area contributed by atoms with Gasteiger partial charge in [-0.05, 0) is 25.2 Å². The van der Waals surface area contributed by atoms with Gasteiger partial charge in [0.05, 0.1) is 5.69 Å². The molecule has 0 atom stereocenters. The molecule has 10 heteroatoms. The highest BCUT2D eigenvalue weighted by atomic mass is 19.1. The molecule has 2 heterocycles. The van der Waals surface area contributed by atoms with Gasteiger partial charge in [-0.3, -0.25) is 5.32 Å². The molecule has 1 fully saturated rings. The van der Waals surface area contributed by atoms with E-state index < -0.39 is 11.9 Å². The monoisotopic (exact) mass is 388 g/mol. The lowest BCUT2D eigenvalue weighted by Gasteiger charge is -2.32. The van der Waals surface area contributed by atoms with Crippen LogP contribution >= 0.6 is 0 Å². The van der Waals surface area contributed by atoms with Gasteiger partial charge in [-0.2, -0.15) is 0 Å². The Hall–Kier alpha value is -3.40. The lowest BCUT2D eigenvalue weighted by atomic mass is 10.3. The van der Waals surface area contributed by atoms with E-state index in [0.717, 1.165) is 19.2 Å². The van der Waals surface area contributed by atoms with Gasteiger partial charge in [-0.1, -0.05) is 0 Å². The Balaban J connectivity index is 1.64. The fraction of sp³-hybridized carbons (Fsp3) is 0.278. The lowest BCUT2D eigenvalue weighted by molar-refractivity contribution is -0.242. The molecule has 3 rings (SSSR count). The second-order valence-electron chi connectivity index (χ2n) is 6.25. The number of amides is 3. The Bertz CT molecular complexity index is 871. The van der Waals surface area contributed by atoms with Gasteiger partial charge < -0.3 is 29.8 Å². The van der Waals surface area contributed by atoms with E-state index in [0.29, 0.717) is 24.7 Å². The number of nitrogens with one attached hydrogen (secondary N) is 2. The molecule has 0 bridgehead atoms. The minimum Gasteiger partial charge on any atom is -0.530 e. The Morgan fingerprint density at radius 3 is 2.50 bits per heavy atom. The fourth-order valence-electron chi connectivity index (χ4n) is 2.65. The summed E-state index contributed by atoms with van der Waals surface area (Å²) in [6, 6.07) is 6.47. The van der Waals surface area contributed by atoms with Crippen LogP contribution in [0.4, 0.5) is 25.5 Å². The van der Waals surface area contributed by atoms with Crippen LogP contribution in [-0.2, 0) is 0 Å². The first-order chi connectivity index (χ1) is 13.4. The average molecular weight is 388 g/mol. The van der Waals surface area contributed by atoms with Crippen LogP contribution in [0.25, 0.3) is 0 Å². The first kappa shape index (κ1) is 19.4. The van der Waals surface area contributed by atoms with E-state index in [1.165, 1.54) is 24.4 Å². The van der Waals surface area contributed by atoms with Crippen LogP contribution in [0.15, 0.2) is 36.5 Å². The Morgan fingerprint density at radius 2 is 1.82 bits per heavy atom. The van der Waals surface area contributed by atoms with Crippen LogP contribution in [0.3, 0.4) is 0 Å². The highest BCUT2D eigenvalue weighted by molar-refractivity contribution is 5.88. The van der Waals surface area contributed by atoms with Crippen molar-refractivity contribution >= 4 is 23.6 Å². The fourth-order valence-corrected chi connectivity index (χ4v) is 2.65. The van der Waals surface area contributed by atoms with Crippen LogP contribution in [0, 0.1) is 5.82 Å². The Kier molecular flexibility index (Phi) is 5.90. The number of aromatic nitrogens is 1. The van der Waals surface area contributed by atoms with E-state index in [9.17, 15) is 19.1 Å². The topological polar surface area (TPSA) is 110 Å². The lowest BCUT2D eigenvalue weighted by Crippen LogP contribution is -2.48. The third-order valence-corrected chi connectivity index (χ3v) is 4.17. The van der Waals surface area contributed by atoms with Gasteiger partial charge in [0.2, 0.25) is 0 Å². The van der Waals surface area contributed by atoms with Crippen LogP contribution in [0.1, 0.15) is 0 Å². The smallest absolute Gasteiger partial charge is 0.323 e. The number of urea groups is 1. The molecule has 0 spiro atoms. The van der Waals surface area contributed by atoms with Crippen LogP contribution < -0.4 is 20.5 Å². The molecule has 0 unspecified atom stereocenters. The number of rotatable bonds is 4. The van der Waals surface area contributed by atoms with Crippen molar-refractivity contribution in [1.82, 2.24) is 14.8 Å². The summed E-state index contributed by atoms with van der Waals surface area (Å²) in [5.41, 5.74) is -0.234. The van der Waals surface area contributed by atoms with Crippen molar-refractivity contribution < 1.29 is 23.8 Å². The maximum atomic E-state index is 13.9. The number of carboxylic acid groups (broad SMARTS) is 1. The van der Waals surface area contributed by atoms with Crippen molar-refractivity contribution in [3.63, 3.8) is 0 Å². The normalized spacial score (nSPS) is 14.4. The molecule has 0 radical (unpaired) electrons. The number of halogens is 1. The molecule has 2 N–H and O–H groups in total. The summed E-state index contributed by atoms with van der Waals surface area (Å²) in [6.45, 7) is 2.87. The van der Waals surface area contributed by atoms with Gasteiger partial charge in [0.15, 0.2) is 0 Å². The van der Waals surface area contributed by atoms with Gasteiger partial charge in [-0.15, -0.1) is 0 Å². The summed E-state index contributed by atoms with van der Waals surface area (Å²) in [6.07, 6.45) is -0.153. The number of hydrogen-bond donors (Lipinski definition) is 2. The zero-order valence-corrected chi connectivity index (χ0v) is 15.1. The van der Waals surface area contributed by atoms with Crippen LogP contribution in [-0.4, -0.2) is 60.1 Å². The van der Waals surface area contributed by atoms with E-state index in [4.69, 9.17) is 4.74 Å². The highest BCUT2D eigenvalue weighted by Crippen LogP contribution is 2.26. The van der Waals surface area contributed by atoms with E-state index in [-0.39, 0.29) is 17.5 Å². The minimum absolute atomic E-state index is 0.156. The molecule has 1 aliphatic rings. The standard InChI is InChI=1S/C18H20FN5O4/c1-23-6-8-24(9-7-23)17(25)22-16-11-13(4-5-20-16)28-12-2-3-15(14(19)10-12)21-18(26)27/h2-5,10-11,21H,6-9H2,1H3,(H,26,27)(H,20,22,25)/p-1. The molecule has 1 saturated heterocycles. The molecule has 1 aromatic heterocycles. The summed E-state index contributed by atoms with van der Waals surface area (Å²) in [5.74, 6) is -0.0101. The van der Waals surface area contributed by atoms with E-state index in [1.807, 2.05) is 12.4 Å². The maximum Gasteiger partial charge on any atom is 0.323 e. The molecule has 28 heavy (non-hydrogen) atoms. The molecule has 2 aromatic rings. The average Bonchev–Trinajstić information content (AvgIpc) is 2.64. The number of carbonyl (C=O) groups excluding carboxylic acids is 2. The van der Waals surface area contributed by atoms with Gasteiger partial charge in [0.25, 0.3) is 0 Å². The predicted octanol–water partition coefficient (Wildman–Crippen LogP) is 1.55. The predicted molar refractivity (Wildman–Crippen MR) is 97.8 cm³/mol. The number of piperazine rings is 1. The second-order valence-corrected chi connectivity index (χ2v) is 6.25. The quantitative estimate of drug-likeness (QED) is 0.822. The number of nitrogens with zero attached hydrogens (tertiary/aromatic N) is 3. The summed E-state index contributed by atoms with van der Waals surface area (Å²) in [4.78, 5) is 30.7. The first-order valence-corrected chi connectivity index (χ1v) is 8.56. The summed E-state index contributed by atoms with van der Waals surface area (Å²) < 4.78 is 19.4. The number of pyridine rings is 1. The number of ether oxygens (including phenoxy) is 1. The van der Waals surface area contributed by atoms with Crippen LogP contribution in [0.5, 0.6) is 11.5 Å². The van der Waals surface area contributed by atoms with Crippen molar-refractivity contribution in [3.8, 4) is 11.5 Å². The molecule has 0 saturated carbocycles. The summed E-state index contributed by atoms with van der Waals surface area (Å²) in [7, 11) is 2.00. The van der Waals surface area contributed by atoms with Crippen molar-refractivity contribution in [2.75, 3.05) is 43.9 Å². The third kappa shape index (κ3) is 5.07. The van der Waals surface area contributed by atoms with Crippen molar-refractivity contribution in [2.24, 2.45) is 0 Å². The largest absolute Gasteiger partial charge is 0.530 e. The molecular formula is C18H19FN5O4-. The molecule has 0 aliphatic carbocycles. The number of anilines is 2. The zero-order valence-electron chi connectivity index (χ0n) is 15.1. The van der Waals surface area contributed by atoms with Gasteiger partial charge in [0, 0.05) is 44.5 Å². The minimum atomic E-state index is -1.61. The van der Waals surface area contributed by atoms with Crippen molar-refractivity contribution in [3.05, 3.63) is 42.3 Å². The zero-order chi connectivity index (χ0) is 20.1. The van der Waals surface area contributed by atoms with Crippen molar-refractivity contribution in [1.29, 1.82) is 0 Å². The number of hydrogen-bond acceptors (Lipinski definition) is 6. The molecule has 148 valence electrons. The number of likely N-dealkylation sites (N-methyl/N-ethyl adjacent to an activating group) is 1. The Labute approximate surface area is 160 Å². The van der Waals surface area contributed by atoms with E-state index in [1.54, 1.807) is 11.0 Å². The molecule has 9 nitrogen and oxygen atoms in total. The molecule has 1 aromatic carbocycles. The van der Waals surface area contributed by atoms with Gasteiger partial charge in [0.1, 0.15) is 29.2 Å². The number of benzene rings is 1. The third-order valence-electron chi connectivity index (χ3n) is 4.17. The van der Waals surface area contributed by atoms with E-state index in [2.05, 4.69) is 15.2 Å². The molecular weight excluding hydrogens is 369 g/mol. The summed E-state index contributed by atoms with van der Waals surface area (Å²) in [5, 5.41) is 15.0. The van der Waals surface area contributed by atoms with Crippen LogP contribution in [0.2, 0.25) is 0 Å². The van der Waals surface area contributed by atoms with Gasteiger partial charge >= 0.3 is 6.03 Å². The number of carbonyl (C=O) groups is 2. The Morgan fingerprint density at radius 1 is 1.11 bits per heavy atom.